The smallest absolute Gasteiger partial charge is 0.294 e. The van der Waals surface area contributed by atoms with Gasteiger partial charge in [-0.3, -0.25) is 4.55 Å². The lowest BCUT2D eigenvalue weighted by atomic mass is 10.1. The number of hydrogen-bond donors (Lipinski definition) is 4. The average molecular weight is 297 g/mol. The van der Waals surface area contributed by atoms with Crippen LogP contribution in [-0.4, -0.2) is 42.4 Å². The first kappa shape index (κ1) is 14.7. The van der Waals surface area contributed by atoms with Crippen LogP contribution in [0.1, 0.15) is 0 Å². The number of rotatable bonds is 5. The minimum atomic E-state index is -4.23. The van der Waals surface area contributed by atoms with Crippen molar-refractivity contribution < 1.29 is 23.2 Å². The quantitative estimate of drug-likeness (QED) is 0.610. The molecular formula is C13H15NO5S. The maximum absolute atomic E-state index is 11.1. The molecule has 0 aliphatic heterocycles. The molecular weight excluding hydrogens is 282 g/mol. The van der Waals surface area contributed by atoms with Gasteiger partial charge in [0.2, 0.25) is 0 Å². The highest BCUT2D eigenvalue weighted by Gasteiger charge is 2.11. The summed E-state index contributed by atoms with van der Waals surface area (Å²) in [5.74, 6) is 0. The number of aliphatic hydroxyl groups is 2. The Kier molecular flexibility index (Phi) is 4.24. The number of hydrogen-bond acceptors (Lipinski definition) is 5. The minimum Gasteiger partial charge on any atom is -0.394 e. The zero-order chi connectivity index (χ0) is 14.8. The summed E-state index contributed by atoms with van der Waals surface area (Å²) >= 11 is 0. The standard InChI is InChI=1S/C13H15NO5S/c15-8-10(16)7-14-13-3-1-2-9-6-11(20(17,18)19)4-5-12(9)13/h1-6,10,14-16H,7-8H2,(H,17,18,19). The maximum atomic E-state index is 11.1. The molecule has 2 aromatic rings. The van der Waals surface area contributed by atoms with E-state index in [0.717, 1.165) is 5.39 Å². The van der Waals surface area contributed by atoms with Crippen LogP contribution >= 0.6 is 0 Å². The van der Waals surface area contributed by atoms with Crippen LogP contribution in [0.2, 0.25) is 0 Å². The van der Waals surface area contributed by atoms with Gasteiger partial charge in [0, 0.05) is 17.6 Å². The second-order valence-corrected chi connectivity index (χ2v) is 5.80. The summed E-state index contributed by atoms with van der Waals surface area (Å²) in [5, 5.41) is 22.5. The van der Waals surface area contributed by atoms with Crippen LogP contribution in [0.5, 0.6) is 0 Å². The minimum absolute atomic E-state index is 0.169. The molecule has 0 radical (unpaired) electrons. The van der Waals surface area contributed by atoms with Gasteiger partial charge < -0.3 is 15.5 Å². The topological polar surface area (TPSA) is 107 Å². The predicted octanol–water partition coefficient (Wildman–Crippen LogP) is 0.852. The van der Waals surface area contributed by atoms with Gasteiger partial charge in [-0.25, -0.2) is 0 Å². The first-order valence-corrected chi connectivity index (χ1v) is 7.39. The SMILES string of the molecule is O=S(=O)(O)c1ccc2c(NCC(O)CO)cccc2c1. The Bertz CT molecular complexity index is 714. The van der Waals surface area contributed by atoms with Crippen molar-refractivity contribution in [2.75, 3.05) is 18.5 Å². The van der Waals surface area contributed by atoms with Gasteiger partial charge in [-0.05, 0) is 23.6 Å². The van der Waals surface area contributed by atoms with Crippen molar-refractivity contribution >= 4 is 26.6 Å². The number of nitrogens with one attached hydrogen (secondary N) is 1. The van der Waals surface area contributed by atoms with E-state index >= 15 is 0 Å². The van der Waals surface area contributed by atoms with E-state index in [-0.39, 0.29) is 18.0 Å². The third-order valence-electron chi connectivity index (χ3n) is 2.89. The van der Waals surface area contributed by atoms with Crippen molar-refractivity contribution in [3.63, 3.8) is 0 Å². The second-order valence-electron chi connectivity index (χ2n) is 4.38. The molecule has 0 aromatic heterocycles. The first-order chi connectivity index (χ1) is 9.41. The van der Waals surface area contributed by atoms with Crippen LogP contribution in [-0.2, 0) is 10.1 Å². The van der Waals surface area contributed by atoms with Gasteiger partial charge in [-0.15, -0.1) is 0 Å². The van der Waals surface area contributed by atoms with E-state index in [2.05, 4.69) is 5.32 Å². The van der Waals surface area contributed by atoms with Crippen molar-refractivity contribution in [2.45, 2.75) is 11.0 Å². The molecule has 1 atom stereocenters. The molecule has 6 nitrogen and oxygen atoms in total. The van der Waals surface area contributed by atoms with Crippen LogP contribution in [0, 0.1) is 0 Å². The summed E-state index contributed by atoms with van der Waals surface area (Å²) in [6.45, 7) is -0.166. The molecule has 0 amide bonds. The van der Waals surface area contributed by atoms with Crippen molar-refractivity contribution in [3.8, 4) is 0 Å². The highest BCUT2D eigenvalue weighted by Crippen LogP contribution is 2.25. The fraction of sp³-hybridized carbons (Fsp3) is 0.231. The summed E-state index contributed by atoms with van der Waals surface area (Å²) < 4.78 is 31.2. The Morgan fingerprint density at radius 1 is 1.20 bits per heavy atom. The van der Waals surface area contributed by atoms with Gasteiger partial charge >= 0.3 is 0 Å². The van der Waals surface area contributed by atoms with Gasteiger partial charge in [0.15, 0.2) is 0 Å². The molecule has 0 aliphatic carbocycles. The lowest BCUT2D eigenvalue weighted by Crippen LogP contribution is -2.22. The van der Waals surface area contributed by atoms with Gasteiger partial charge in [-0.1, -0.05) is 18.2 Å². The van der Waals surface area contributed by atoms with E-state index in [1.807, 2.05) is 0 Å². The van der Waals surface area contributed by atoms with Crippen LogP contribution in [0.15, 0.2) is 41.3 Å². The van der Waals surface area contributed by atoms with Crippen molar-refractivity contribution in [3.05, 3.63) is 36.4 Å². The van der Waals surface area contributed by atoms with E-state index in [1.165, 1.54) is 12.1 Å². The van der Waals surface area contributed by atoms with E-state index in [0.29, 0.717) is 11.1 Å². The first-order valence-electron chi connectivity index (χ1n) is 5.95. The summed E-state index contributed by atoms with van der Waals surface area (Å²) in [7, 11) is -4.23. The summed E-state index contributed by atoms with van der Waals surface area (Å²) in [5.41, 5.74) is 0.705. The summed E-state index contributed by atoms with van der Waals surface area (Å²) in [6.07, 6.45) is -0.873. The van der Waals surface area contributed by atoms with Crippen LogP contribution < -0.4 is 5.32 Å². The molecule has 0 saturated carbocycles. The zero-order valence-corrected chi connectivity index (χ0v) is 11.3. The molecule has 0 aliphatic rings. The molecule has 108 valence electrons. The average Bonchev–Trinajstić information content (AvgIpc) is 2.43. The van der Waals surface area contributed by atoms with Gasteiger partial charge in [0.25, 0.3) is 10.1 Å². The predicted molar refractivity (Wildman–Crippen MR) is 75.3 cm³/mol. The van der Waals surface area contributed by atoms with E-state index in [4.69, 9.17) is 9.66 Å². The largest absolute Gasteiger partial charge is 0.394 e. The van der Waals surface area contributed by atoms with E-state index < -0.39 is 16.2 Å². The van der Waals surface area contributed by atoms with Crippen LogP contribution in [0.3, 0.4) is 0 Å². The van der Waals surface area contributed by atoms with Crippen molar-refractivity contribution in [1.29, 1.82) is 0 Å². The Morgan fingerprint density at radius 2 is 1.95 bits per heavy atom. The molecule has 1 unspecified atom stereocenters. The van der Waals surface area contributed by atoms with E-state index in [1.54, 1.807) is 24.3 Å². The third-order valence-corrected chi connectivity index (χ3v) is 3.74. The normalized spacial score (nSPS) is 13.3. The number of aliphatic hydroxyl groups excluding tert-OH is 2. The fourth-order valence-electron chi connectivity index (χ4n) is 1.87. The number of benzene rings is 2. The highest BCUT2D eigenvalue weighted by molar-refractivity contribution is 7.85. The Hall–Kier alpha value is -1.67. The number of fused-ring (bicyclic) bond motifs is 1. The zero-order valence-electron chi connectivity index (χ0n) is 10.5. The third kappa shape index (κ3) is 3.26. The van der Waals surface area contributed by atoms with Gasteiger partial charge in [0.1, 0.15) is 0 Å². The van der Waals surface area contributed by atoms with Crippen molar-refractivity contribution in [2.24, 2.45) is 0 Å². The lowest BCUT2D eigenvalue weighted by molar-refractivity contribution is 0.105. The summed E-state index contributed by atoms with van der Waals surface area (Å²) in [6, 6.07) is 9.48. The molecule has 4 N–H and O–H groups in total. The van der Waals surface area contributed by atoms with Crippen LogP contribution in [0.25, 0.3) is 10.8 Å². The van der Waals surface area contributed by atoms with Crippen LogP contribution in [0.4, 0.5) is 5.69 Å². The lowest BCUT2D eigenvalue weighted by Gasteiger charge is -2.12. The van der Waals surface area contributed by atoms with Gasteiger partial charge in [0.05, 0.1) is 17.6 Å². The molecule has 2 aromatic carbocycles. The Labute approximate surface area is 116 Å². The molecule has 0 spiro atoms. The molecule has 0 fully saturated rings. The summed E-state index contributed by atoms with van der Waals surface area (Å²) in [4.78, 5) is -0.169. The Morgan fingerprint density at radius 3 is 2.60 bits per heavy atom. The molecule has 0 saturated heterocycles. The number of anilines is 1. The Balaban J connectivity index is 2.39. The second kappa shape index (κ2) is 5.76. The maximum Gasteiger partial charge on any atom is 0.294 e. The molecule has 2 rings (SSSR count). The molecule has 0 bridgehead atoms. The molecule has 20 heavy (non-hydrogen) atoms. The fourth-order valence-corrected chi connectivity index (χ4v) is 2.38. The van der Waals surface area contributed by atoms with E-state index in [9.17, 15) is 13.5 Å². The highest BCUT2D eigenvalue weighted by atomic mass is 32.2. The van der Waals surface area contributed by atoms with Gasteiger partial charge in [-0.2, -0.15) is 8.42 Å². The van der Waals surface area contributed by atoms with Crippen molar-refractivity contribution in [1.82, 2.24) is 0 Å². The molecule has 0 heterocycles. The molecule has 7 heteroatoms. The monoisotopic (exact) mass is 297 g/mol.